The molecule has 0 fully saturated rings. The number of aromatic nitrogens is 3. The van der Waals surface area contributed by atoms with Gasteiger partial charge in [-0.25, -0.2) is 4.68 Å². The Hall–Kier alpha value is -3.61. The Balaban J connectivity index is 1.45. The average Bonchev–Trinajstić information content (AvgIpc) is 3.26. The molecule has 170 valence electrons. The number of allylic oxidation sites excluding steroid dienone is 2. The van der Waals surface area contributed by atoms with Gasteiger partial charge in [0.1, 0.15) is 12.4 Å². The lowest BCUT2D eigenvalue weighted by Crippen LogP contribution is -2.36. The number of hydrogen-bond donors (Lipinski definition) is 1. The summed E-state index contributed by atoms with van der Waals surface area (Å²) in [6.45, 7) is 4.79. The first kappa shape index (κ1) is 21.2. The first-order chi connectivity index (χ1) is 15.9. The lowest BCUT2D eigenvalue weighted by molar-refractivity contribution is -0.118. The van der Waals surface area contributed by atoms with Crippen LogP contribution in [0.15, 0.2) is 66.1 Å². The van der Waals surface area contributed by atoms with Gasteiger partial charge in [-0.05, 0) is 35.1 Å². The maximum Gasteiger partial charge on any atom is 0.226 e. The number of hydrogen-bond acceptors (Lipinski definition) is 6. The van der Waals surface area contributed by atoms with Crippen LogP contribution in [0.25, 0.3) is 0 Å². The summed E-state index contributed by atoms with van der Waals surface area (Å²) in [6, 6.07) is 15.7. The van der Waals surface area contributed by atoms with Crippen LogP contribution in [0, 0.1) is 5.41 Å². The molecule has 7 nitrogen and oxygen atoms in total. The van der Waals surface area contributed by atoms with Crippen LogP contribution < -0.4 is 14.8 Å². The molecule has 0 bridgehead atoms. The molecule has 0 radical (unpaired) electrons. The van der Waals surface area contributed by atoms with E-state index in [4.69, 9.17) is 9.47 Å². The minimum Gasteiger partial charge on any atom is -0.493 e. The standard InChI is InChI=1S/C26H28N4O3/c1-26(2)14-19-23(20(31)15-26)24(30-25(29-19)27-16-28-30)18-9-10-21(22(13-18)32-3)33-12-11-17-7-5-4-6-8-17/h4-10,13,16,24H,11-12,14-15H2,1-3H3,(H,27,28,29). The van der Waals surface area contributed by atoms with Crippen molar-refractivity contribution in [2.75, 3.05) is 19.0 Å². The monoisotopic (exact) mass is 444 g/mol. The van der Waals surface area contributed by atoms with Crippen LogP contribution in [0.2, 0.25) is 0 Å². The molecule has 1 unspecified atom stereocenters. The number of nitrogens with zero attached hydrogens (tertiary/aromatic N) is 3. The highest BCUT2D eigenvalue weighted by molar-refractivity contribution is 6.00. The maximum absolute atomic E-state index is 13.2. The van der Waals surface area contributed by atoms with Gasteiger partial charge < -0.3 is 14.8 Å². The van der Waals surface area contributed by atoms with Crippen molar-refractivity contribution in [3.05, 3.63) is 77.3 Å². The van der Waals surface area contributed by atoms with E-state index in [1.54, 1.807) is 11.8 Å². The van der Waals surface area contributed by atoms with Gasteiger partial charge in [0, 0.05) is 24.1 Å². The molecule has 2 heterocycles. The summed E-state index contributed by atoms with van der Waals surface area (Å²) in [5.41, 5.74) is 3.73. The third-order valence-electron chi connectivity index (χ3n) is 6.27. The third kappa shape index (κ3) is 4.11. The van der Waals surface area contributed by atoms with Gasteiger partial charge in [0.2, 0.25) is 5.95 Å². The molecule has 1 atom stereocenters. The first-order valence-corrected chi connectivity index (χ1v) is 11.2. The van der Waals surface area contributed by atoms with Gasteiger partial charge in [-0.15, -0.1) is 0 Å². The van der Waals surface area contributed by atoms with E-state index >= 15 is 0 Å². The lowest BCUT2D eigenvalue weighted by atomic mass is 9.73. The van der Waals surface area contributed by atoms with Gasteiger partial charge in [-0.1, -0.05) is 50.2 Å². The topological polar surface area (TPSA) is 78.3 Å². The molecule has 3 aromatic rings. The predicted octanol–water partition coefficient (Wildman–Crippen LogP) is 4.57. The van der Waals surface area contributed by atoms with Crippen molar-refractivity contribution in [3.8, 4) is 11.5 Å². The Labute approximate surface area is 193 Å². The van der Waals surface area contributed by atoms with Gasteiger partial charge >= 0.3 is 0 Å². The molecule has 1 N–H and O–H groups in total. The molecule has 2 aliphatic rings. The average molecular weight is 445 g/mol. The van der Waals surface area contributed by atoms with Crippen LogP contribution in [0.5, 0.6) is 11.5 Å². The number of nitrogens with one attached hydrogen (secondary N) is 1. The van der Waals surface area contributed by atoms with Crippen molar-refractivity contribution in [1.29, 1.82) is 0 Å². The Kier molecular flexibility index (Phi) is 5.40. The van der Waals surface area contributed by atoms with E-state index in [0.29, 0.717) is 30.5 Å². The number of carbonyl (C=O) groups excluding carboxylic acids is 1. The smallest absolute Gasteiger partial charge is 0.226 e. The van der Waals surface area contributed by atoms with Gasteiger partial charge in [0.15, 0.2) is 17.3 Å². The highest BCUT2D eigenvalue weighted by Gasteiger charge is 2.41. The summed E-state index contributed by atoms with van der Waals surface area (Å²) in [6.07, 6.45) is 3.62. The zero-order valence-corrected chi connectivity index (χ0v) is 19.2. The fourth-order valence-corrected chi connectivity index (χ4v) is 4.75. The van der Waals surface area contributed by atoms with E-state index in [2.05, 4.69) is 41.4 Å². The number of fused-ring (bicyclic) bond motifs is 1. The van der Waals surface area contributed by atoms with Crippen molar-refractivity contribution in [2.24, 2.45) is 5.41 Å². The van der Waals surface area contributed by atoms with Crippen LogP contribution in [-0.4, -0.2) is 34.3 Å². The molecule has 1 aliphatic heterocycles. The molecule has 1 aromatic heterocycles. The summed E-state index contributed by atoms with van der Waals surface area (Å²) in [5, 5.41) is 7.76. The molecule has 33 heavy (non-hydrogen) atoms. The Bertz CT molecular complexity index is 1210. The SMILES string of the molecule is COc1cc(C2C3=C(CC(C)(C)CC3=O)Nc3ncnn32)ccc1OCCc1ccccc1. The number of carbonyl (C=O) groups is 1. The lowest BCUT2D eigenvalue weighted by Gasteiger charge is -2.38. The van der Waals surface area contributed by atoms with Gasteiger partial charge in [0.05, 0.1) is 13.7 Å². The summed E-state index contributed by atoms with van der Waals surface area (Å²) in [7, 11) is 1.63. The second kappa shape index (κ2) is 8.39. The molecule has 5 rings (SSSR count). The van der Waals surface area contributed by atoms with Crippen molar-refractivity contribution in [1.82, 2.24) is 14.8 Å². The van der Waals surface area contributed by atoms with Gasteiger partial charge in [-0.2, -0.15) is 10.1 Å². The van der Waals surface area contributed by atoms with E-state index in [1.165, 1.54) is 11.9 Å². The summed E-state index contributed by atoms with van der Waals surface area (Å²) in [4.78, 5) is 17.6. The number of Topliss-reactive ketones (excluding diaryl/α,β-unsaturated/α-hetero) is 1. The molecular formula is C26H28N4O3. The Morgan fingerprint density at radius 1 is 1.12 bits per heavy atom. The number of benzene rings is 2. The Morgan fingerprint density at radius 2 is 1.94 bits per heavy atom. The summed E-state index contributed by atoms with van der Waals surface area (Å²) in [5.74, 6) is 2.09. The zero-order valence-electron chi connectivity index (χ0n) is 19.2. The third-order valence-corrected chi connectivity index (χ3v) is 6.27. The van der Waals surface area contributed by atoms with E-state index < -0.39 is 0 Å². The second-order valence-corrected chi connectivity index (χ2v) is 9.38. The highest BCUT2D eigenvalue weighted by Crippen LogP contribution is 2.46. The number of ketones is 1. The van der Waals surface area contributed by atoms with Gasteiger partial charge in [0.25, 0.3) is 0 Å². The number of rotatable bonds is 6. The molecule has 0 amide bonds. The zero-order chi connectivity index (χ0) is 23.0. The van der Waals surface area contributed by atoms with Crippen LogP contribution in [-0.2, 0) is 11.2 Å². The van der Waals surface area contributed by atoms with Crippen molar-refractivity contribution >= 4 is 11.7 Å². The van der Waals surface area contributed by atoms with Crippen LogP contribution >= 0.6 is 0 Å². The molecule has 0 saturated heterocycles. The summed E-state index contributed by atoms with van der Waals surface area (Å²) >= 11 is 0. The van der Waals surface area contributed by atoms with Crippen molar-refractivity contribution in [2.45, 2.75) is 39.2 Å². The van der Waals surface area contributed by atoms with E-state index in [9.17, 15) is 4.79 Å². The van der Waals surface area contributed by atoms with Crippen LogP contribution in [0.4, 0.5) is 5.95 Å². The molecule has 1 aliphatic carbocycles. The Morgan fingerprint density at radius 3 is 2.73 bits per heavy atom. The van der Waals surface area contributed by atoms with Crippen molar-refractivity contribution < 1.29 is 14.3 Å². The minimum absolute atomic E-state index is 0.0935. The van der Waals surface area contributed by atoms with Crippen LogP contribution in [0.3, 0.4) is 0 Å². The number of methoxy groups -OCH3 is 1. The second-order valence-electron chi connectivity index (χ2n) is 9.38. The quantitative estimate of drug-likeness (QED) is 0.600. The van der Waals surface area contributed by atoms with Crippen LogP contribution in [0.1, 0.15) is 43.9 Å². The molecule has 0 spiro atoms. The van der Waals surface area contributed by atoms with E-state index in [1.807, 2.05) is 36.4 Å². The highest BCUT2D eigenvalue weighted by atomic mass is 16.5. The summed E-state index contributed by atoms with van der Waals surface area (Å²) < 4.78 is 13.5. The number of ether oxygens (including phenoxy) is 2. The van der Waals surface area contributed by atoms with E-state index in [-0.39, 0.29) is 17.2 Å². The molecular weight excluding hydrogens is 416 g/mol. The predicted molar refractivity (Wildman–Crippen MR) is 125 cm³/mol. The number of anilines is 1. The largest absolute Gasteiger partial charge is 0.493 e. The first-order valence-electron chi connectivity index (χ1n) is 11.2. The molecule has 7 heteroatoms. The minimum atomic E-state index is -0.352. The van der Waals surface area contributed by atoms with Crippen molar-refractivity contribution in [3.63, 3.8) is 0 Å². The molecule has 0 saturated carbocycles. The molecule has 2 aromatic carbocycles. The fourth-order valence-electron chi connectivity index (χ4n) is 4.75. The fraction of sp³-hybridized carbons (Fsp3) is 0.346. The normalized spacial score (nSPS) is 18.9. The maximum atomic E-state index is 13.2. The van der Waals surface area contributed by atoms with E-state index in [0.717, 1.165) is 29.7 Å². The van der Waals surface area contributed by atoms with Gasteiger partial charge in [-0.3, -0.25) is 4.79 Å².